The van der Waals surface area contributed by atoms with E-state index in [2.05, 4.69) is 15.2 Å². The van der Waals surface area contributed by atoms with E-state index in [4.69, 9.17) is 0 Å². The number of hydrogen-bond acceptors (Lipinski definition) is 4. The Morgan fingerprint density at radius 3 is 2.87 bits per heavy atom. The molecule has 1 aliphatic rings. The molecule has 3 heterocycles. The van der Waals surface area contributed by atoms with Crippen molar-refractivity contribution in [3.63, 3.8) is 0 Å². The first-order valence-corrected chi connectivity index (χ1v) is 7.97. The van der Waals surface area contributed by atoms with Gasteiger partial charge in [0, 0.05) is 43.5 Å². The quantitative estimate of drug-likeness (QED) is 0.866. The molecule has 0 aromatic carbocycles. The Morgan fingerprint density at radius 1 is 1.39 bits per heavy atom. The highest BCUT2D eigenvalue weighted by Gasteiger charge is 2.34. The minimum atomic E-state index is -0.475. The molecule has 6 heteroatoms. The van der Waals surface area contributed by atoms with E-state index in [0.717, 1.165) is 17.0 Å². The molecule has 0 spiro atoms. The molecule has 0 saturated carbocycles. The molecule has 0 radical (unpaired) electrons. The van der Waals surface area contributed by atoms with Gasteiger partial charge in [0.05, 0.1) is 11.8 Å². The summed E-state index contributed by atoms with van der Waals surface area (Å²) in [5.41, 5.74) is 3.06. The third kappa shape index (κ3) is 3.96. The van der Waals surface area contributed by atoms with Gasteiger partial charge in [-0.15, -0.1) is 0 Å². The van der Waals surface area contributed by atoms with Crippen molar-refractivity contribution >= 4 is 5.91 Å². The van der Waals surface area contributed by atoms with Crippen LogP contribution in [0, 0.1) is 12.8 Å². The minimum absolute atomic E-state index is 0.0579. The fourth-order valence-corrected chi connectivity index (χ4v) is 3.06. The van der Waals surface area contributed by atoms with Gasteiger partial charge in [-0.05, 0) is 43.5 Å². The number of nitrogens with one attached hydrogen (secondary N) is 1. The van der Waals surface area contributed by atoms with E-state index in [9.17, 15) is 9.90 Å². The second-order valence-electron chi connectivity index (χ2n) is 6.23. The number of rotatable bonds is 5. The lowest BCUT2D eigenvalue weighted by Gasteiger charge is -2.16. The van der Waals surface area contributed by atoms with E-state index in [0.29, 0.717) is 32.4 Å². The van der Waals surface area contributed by atoms with Crippen LogP contribution in [0.1, 0.15) is 23.4 Å². The largest absolute Gasteiger partial charge is 0.391 e. The fourth-order valence-electron chi connectivity index (χ4n) is 3.06. The molecule has 6 nitrogen and oxygen atoms in total. The van der Waals surface area contributed by atoms with Crippen molar-refractivity contribution in [2.75, 3.05) is 13.1 Å². The second-order valence-corrected chi connectivity index (χ2v) is 6.23. The molecule has 1 amide bonds. The molecule has 1 saturated heterocycles. The molecule has 0 aliphatic carbocycles. The standard InChI is InChI=1S/C17H22N4O2/c1-12-8-15(20-19-12)9-14-10-21(11-16(14)22)17(23)3-2-13-4-6-18-7-5-13/h4-8,14,16,22H,2-3,9-11H2,1H3,(H,19,20)/t14-,16+/m1/s1. The summed E-state index contributed by atoms with van der Waals surface area (Å²) in [6.07, 6.45) is 4.86. The van der Waals surface area contributed by atoms with Gasteiger partial charge < -0.3 is 10.0 Å². The molecule has 1 fully saturated rings. The average molecular weight is 314 g/mol. The molecule has 0 unspecified atom stereocenters. The molecule has 2 atom stereocenters. The molecule has 0 bridgehead atoms. The van der Waals surface area contributed by atoms with Crippen LogP contribution in [0.4, 0.5) is 0 Å². The molecule has 2 aromatic rings. The van der Waals surface area contributed by atoms with Crippen LogP contribution in [-0.4, -0.2) is 50.3 Å². The van der Waals surface area contributed by atoms with Crippen LogP contribution >= 0.6 is 0 Å². The number of pyridine rings is 1. The highest BCUT2D eigenvalue weighted by Crippen LogP contribution is 2.22. The van der Waals surface area contributed by atoms with Crippen molar-refractivity contribution in [1.29, 1.82) is 0 Å². The highest BCUT2D eigenvalue weighted by atomic mass is 16.3. The zero-order valence-corrected chi connectivity index (χ0v) is 13.3. The topological polar surface area (TPSA) is 82.1 Å². The number of hydrogen-bond donors (Lipinski definition) is 2. The third-order valence-corrected chi connectivity index (χ3v) is 4.37. The van der Waals surface area contributed by atoms with Gasteiger partial charge in [0.1, 0.15) is 0 Å². The summed E-state index contributed by atoms with van der Waals surface area (Å²) in [7, 11) is 0. The number of aliphatic hydroxyl groups is 1. The lowest BCUT2D eigenvalue weighted by atomic mass is 10.0. The fraction of sp³-hybridized carbons (Fsp3) is 0.471. The summed E-state index contributed by atoms with van der Waals surface area (Å²) in [6.45, 7) is 2.97. The first-order chi connectivity index (χ1) is 11.1. The first kappa shape index (κ1) is 15.7. The summed E-state index contributed by atoms with van der Waals surface area (Å²) in [6, 6.07) is 5.84. The molecule has 3 rings (SSSR count). The Balaban J connectivity index is 1.52. The van der Waals surface area contributed by atoms with Gasteiger partial charge in [0.25, 0.3) is 0 Å². The zero-order valence-electron chi connectivity index (χ0n) is 13.3. The highest BCUT2D eigenvalue weighted by molar-refractivity contribution is 5.76. The smallest absolute Gasteiger partial charge is 0.223 e. The van der Waals surface area contributed by atoms with Crippen LogP contribution in [0.5, 0.6) is 0 Å². The van der Waals surface area contributed by atoms with Crippen molar-refractivity contribution in [3.8, 4) is 0 Å². The number of carbonyl (C=O) groups excluding carboxylic acids is 1. The van der Waals surface area contributed by atoms with E-state index in [1.54, 1.807) is 17.3 Å². The van der Waals surface area contributed by atoms with Crippen LogP contribution in [0.25, 0.3) is 0 Å². The Kier molecular flexibility index (Phi) is 4.71. The molecular weight excluding hydrogens is 292 g/mol. The summed E-state index contributed by atoms with van der Waals surface area (Å²) >= 11 is 0. The number of aryl methyl sites for hydroxylation is 2. The van der Waals surface area contributed by atoms with Crippen molar-refractivity contribution in [2.24, 2.45) is 5.92 Å². The molecule has 2 aromatic heterocycles. The van der Waals surface area contributed by atoms with Crippen molar-refractivity contribution in [3.05, 3.63) is 47.5 Å². The van der Waals surface area contributed by atoms with E-state index in [-0.39, 0.29) is 11.8 Å². The number of nitrogens with zero attached hydrogens (tertiary/aromatic N) is 3. The van der Waals surface area contributed by atoms with E-state index >= 15 is 0 Å². The van der Waals surface area contributed by atoms with Crippen molar-refractivity contribution in [2.45, 2.75) is 32.3 Å². The number of β-amino-alcohol motifs (C(OH)–C–C–N with tert-alkyl or cyclic N) is 1. The minimum Gasteiger partial charge on any atom is -0.391 e. The van der Waals surface area contributed by atoms with Gasteiger partial charge in [-0.2, -0.15) is 5.10 Å². The lowest BCUT2D eigenvalue weighted by Crippen LogP contribution is -2.29. The summed E-state index contributed by atoms with van der Waals surface area (Å²) in [5, 5.41) is 17.3. The van der Waals surface area contributed by atoms with Crippen LogP contribution in [0.2, 0.25) is 0 Å². The zero-order chi connectivity index (χ0) is 16.2. The van der Waals surface area contributed by atoms with Crippen molar-refractivity contribution < 1.29 is 9.90 Å². The van der Waals surface area contributed by atoms with Gasteiger partial charge in [0.15, 0.2) is 0 Å². The average Bonchev–Trinajstić information content (AvgIpc) is 3.13. The maximum atomic E-state index is 12.3. The number of aliphatic hydroxyl groups excluding tert-OH is 1. The summed E-state index contributed by atoms with van der Waals surface area (Å²) in [4.78, 5) is 18.1. The number of amides is 1. The Labute approximate surface area is 135 Å². The SMILES string of the molecule is Cc1cc(C[C@@H]2CN(C(=O)CCc3ccncc3)C[C@@H]2O)n[nH]1. The Hall–Kier alpha value is -2.21. The number of likely N-dealkylation sites (tertiary alicyclic amines) is 1. The van der Waals surface area contributed by atoms with Gasteiger partial charge in [0.2, 0.25) is 5.91 Å². The predicted molar refractivity (Wildman–Crippen MR) is 85.7 cm³/mol. The molecular formula is C17H22N4O2. The van der Waals surface area contributed by atoms with Crippen LogP contribution in [0.15, 0.2) is 30.6 Å². The van der Waals surface area contributed by atoms with E-state index in [1.807, 2.05) is 25.1 Å². The Morgan fingerprint density at radius 2 is 2.17 bits per heavy atom. The number of carbonyl (C=O) groups is 1. The molecule has 23 heavy (non-hydrogen) atoms. The monoisotopic (exact) mass is 314 g/mol. The maximum Gasteiger partial charge on any atom is 0.223 e. The van der Waals surface area contributed by atoms with Crippen LogP contribution < -0.4 is 0 Å². The van der Waals surface area contributed by atoms with E-state index in [1.165, 1.54) is 0 Å². The number of H-pyrrole nitrogens is 1. The summed E-state index contributed by atoms with van der Waals surface area (Å²) in [5.74, 6) is 0.157. The molecule has 2 N–H and O–H groups in total. The van der Waals surface area contributed by atoms with Gasteiger partial charge in [-0.3, -0.25) is 14.9 Å². The maximum absolute atomic E-state index is 12.3. The van der Waals surface area contributed by atoms with Crippen molar-refractivity contribution in [1.82, 2.24) is 20.1 Å². The predicted octanol–water partition coefficient (Wildman–Crippen LogP) is 1.11. The van der Waals surface area contributed by atoms with Crippen LogP contribution in [0.3, 0.4) is 0 Å². The second kappa shape index (κ2) is 6.91. The Bertz CT molecular complexity index is 656. The summed E-state index contributed by atoms with van der Waals surface area (Å²) < 4.78 is 0. The third-order valence-electron chi connectivity index (χ3n) is 4.37. The van der Waals surface area contributed by atoms with Gasteiger partial charge >= 0.3 is 0 Å². The van der Waals surface area contributed by atoms with Crippen LogP contribution in [-0.2, 0) is 17.6 Å². The molecule has 122 valence electrons. The number of aromatic nitrogens is 3. The lowest BCUT2D eigenvalue weighted by molar-refractivity contribution is -0.130. The van der Waals surface area contributed by atoms with E-state index < -0.39 is 6.10 Å². The first-order valence-electron chi connectivity index (χ1n) is 7.97. The van der Waals surface area contributed by atoms with Gasteiger partial charge in [-0.25, -0.2) is 0 Å². The number of aromatic amines is 1. The molecule has 1 aliphatic heterocycles. The van der Waals surface area contributed by atoms with Gasteiger partial charge in [-0.1, -0.05) is 0 Å². The normalized spacial score (nSPS) is 20.9.